The molecule has 1 aromatic carbocycles. The number of carbonyl (C=O) groups excluding carboxylic acids is 1. The summed E-state index contributed by atoms with van der Waals surface area (Å²) in [5.74, 6) is 0.0570. The summed E-state index contributed by atoms with van der Waals surface area (Å²) in [4.78, 5) is 14.6. The minimum atomic E-state index is 0.0570. The van der Waals surface area contributed by atoms with Gasteiger partial charge in [0.15, 0.2) is 0 Å². The topological polar surface area (TPSA) is 32.3 Å². The summed E-state index contributed by atoms with van der Waals surface area (Å²) in [5.41, 5.74) is 1.88. The molecular weight excluding hydrogens is 382 g/mol. The van der Waals surface area contributed by atoms with Gasteiger partial charge in [-0.3, -0.25) is 4.79 Å². The van der Waals surface area contributed by atoms with Crippen molar-refractivity contribution in [3.63, 3.8) is 0 Å². The van der Waals surface area contributed by atoms with Crippen LogP contribution in [-0.4, -0.2) is 57.2 Å². The number of nitrogens with zero attached hydrogens (tertiary/aromatic N) is 2. The first-order valence-electron chi connectivity index (χ1n) is 13.0. The Morgan fingerprint density at radius 3 is 1.94 bits per heavy atom. The Labute approximate surface area is 192 Å². The lowest BCUT2D eigenvalue weighted by Crippen LogP contribution is -2.50. The molecule has 1 amide bonds. The smallest absolute Gasteiger partial charge is 0.251 e. The van der Waals surface area contributed by atoms with Gasteiger partial charge in [0.05, 0.1) is 32.7 Å². The molecule has 1 saturated heterocycles. The summed E-state index contributed by atoms with van der Waals surface area (Å²) in [7, 11) is 4.03. The molecule has 0 spiro atoms. The van der Waals surface area contributed by atoms with Crippen LogP contribution in [0.3, 0.4) is 0 Å². The van der Waals surface area contributed by atoms with E-state index in [9.17, 15) is 4.79 Å². The number of anilines is 1. The number of hydrogen-bond donors (Lipinski definition) is 1. The van der Waals surface area contributed by atoms with Gasteiger partial charge in [0.25, 0.3) is 5.91 Å². The first kappa shape index (κ1) is 25.7. The highest BCUT2D eigenvalue weighted by Crippen LogP contribution is 2.21. The fourth-order valence-electron chi connectivity index (χ4n) is 4.92. The molecule has 1 aliphatic heterocycles. The minimum absolute atomic E-state index is 0.0570. The molecule has 1 fully saturated rings. The number of quaternary nitrogens is 1. The molecule has 1 heterocycles. The highest BCUT2D eigenvalue weighted by Gasteiger charge is 2.30. The number of nitrogens with one attached hydrogen (secondary N) is 1. The van der Waals surface area contributed by atoms with E-state index in [1.807, 2.05) is 38.4 Å². The summed E-state index contributed by atoms with van der Waals surface area (Å²) in [6, 6.07) is 7.87. The number of amides is 1. The van der Waals surface area contributed by atoms with Crippen LogP contribution in [0.2, 0.25) is 0 Å². The predicted octanol–water partition coefficient (Wildman–Crippen LogP) is 6.01. The fourth-order valence-corrected chi connectivity index (χ4v) is 4.92. The molecule has 4 heteroatoms. The van der Waals surface area contributed by atoms with E-state index in [-0.39, 0.29) is 5.91 Å². The summed E-state index contributed by atoms with van der Waals surface area (Å²) in [6.45, 7) is 8.04. The standard InChI is InChI=1S/C27H47N3O/c1-4-5-6-7-8-9-10-11-12-13-21-30(22-14-15-23-30)24-20-28-27(31)25-16-18-26(19-17-25)29(2)3/h16-19H,4-15,20-24H2,1-3H3/p+1. The van der Waals surface area contributed by atoms with Gasteiger partial charge in [-0.15, -0.1) is 0 Å². The monoisotopic (exact) mass is 430 g/mol. The van der Waals surface area contributed by atoms with E-state index in [1.54, 1.807) is 0 Å². The molecule has 4 nitrogen and oxygen atoms in total. The summed E-state index contributed by atoms with van der Waals surface area (Å²) in [5, 5.41) is 3.17. The van der Waals surface area contributed by atoms with Crippen molar-refractivity contribution in [3.05, 3.63) is 29.8 Å². The van der Waals surface area contributed by atoms with Crippen molar-refractivity contribution in [3.8, 4) is 0 Å². The first-order valence-corrected chi connectivity index (χ1v) is 13.0. The Kier molecular flexibility index (Phi) is 12.0. The molecule has 0 saturated carbocycles. The average molecular weight is 431 g/mol. The van der Waals surface area contributed by atoms with E-state index in [0.717, 1.165) is 24.3 Å². The summed E-state index contributed by atoms with van der Waals surface area (Å²) in [6.07, 6.45) is 16.7. The van der Waals surface area contributed by atoms with E-state index < -0.39 is 0 Å². The van der Waals surface area contributed by atoms with Crippen molar-refractivity contribution in [2.45, 2.75) is 84.0 Å². The SMILES string of the molecule is CCCCCCCCCCCC[N+]1(CCNC(=O)c2ccc(N(C)C)cc2)CCCC1. The molecule has 1 aliphatic rings. The number of rotatable bonds is 16. The lowest BCUT2D eigenvalue weighted by molar-refractivity contribution is -0.915. The van der Waals surface area contributed by atoms with Crippen LogP contribution >= 0.6 is 0 Å². The quantitative estimate of drug-likeness (QED) is 0.257. The molecule has 176 valence electrons. The summed E-state index contributed by atoms with van der Waals surface area (Å²) >= 11 is 0. The van der Waals surface area contributed by atoms with Crippen LogP contribution in [0.25, 0.3) is 0 Å². The molecule has 1 N–H and O–H groups in total. The molecule has 31 heavy (non-hydrogen) atoms. The molecule has 0 atom stereocenters. The molecule has 0 bridgehead atoms. The molecule has 0 unspecified atom stereocenters. The van der Waals surface area contributed by atoms with Crippen molar-refractivity contribution in [1.29, 1.82) is 0 Å². The van der Waals surface area contributed by atoms with Crippen molar-refractivity contribution in [2.75, 3.05) is 51.7 Å². The van der Waals surface area contributed by atoms with Crippen molar-refractivity contribution in [2.24, 2.45) is 0 Å². The molecule has 1 aromatic rings. The molecule has 0 radical (unpaired) electrons. The maximum absolute atomic E-state index is 12.5. The van der Waals surface area contributed by atoms with Gasteiger partial charge in [-0.25, -0.2) is 0 Å². The van der Waals surface area contributed by atoms with Gasteiger partial charge < -0.3 is 14.7 Å². The molecule has 0 aliphatic carbocycles. The van der Waals surface area contributed by atoms with Gasteiger partial charge in [-0.2, -0.15) is 0 Å². The predicted molar refractivity (Wildman–Crippen MR) is 134 cm³/mol. The van der Waals surface area contributed by atoms with Crippen molar-refractivity contribution < 1.29 is 9.28 Å². The Balaban J connectivity index is 1.62. The number of benzene rings is 1. The lowest BCUT2D eigenvalue weighted by atomic mass is 10.1. The van der Waals surface area contributed by atoms with Gasteiger partial charge in [0, 0.05) is 38.2 Å². The van der Waals surface area contributed by atoms with Gasteiger partial charge in [-0.1, -0.05) is 58.3 Å². The maximum Gasteiger partial charge on any atom is 0.251 e. The highest BCUT2D eigenvalue weighted by molar-refractivity contribution is 5.94. The second-order valence-corrected chi connectivity index (χ2v) is 9.82. The average Bonchev–Trinajstić information content (AvgIpc) is 3.24. The number of likely N-dealkylation sites (tertiary alicyclic amines) is 1. The van der Waals surface area contributed by atoms with Gasteiger partial charge >= 0.3 is 0 Å². The van der Waals surface area contributed by atoms with Crippen LogP contribution in [0.4, 0.5) is 5.69 Å². The largest absolute Gasteiger partial charge is 0.378 e. The van der Waals surface area contributed by atoms with E-state index in [1.165, 1.54) is 101 Å². The van der Waals surface area contributed by atoms with E-state index in [2.05, 4.69) is 17.1 Å². The molecular formula is C27H48N3O+. The third-order valence-electron chi connectivity index (χ3n) is 7.02. The van der Waals surface area contributed by atoms with Crippen molar-refractivity contribution >= 4 is 11.6 Å². The molecule has 0 aromatic heterocycles. The number of carbonyl (C=O) groups is 1. The third kappa shape index (κ3) is 9.64. The molecule has 2 rings (SSSR count). The van der Waals surface area contributed by atoms with Crippen LogP contribution in [0.5, 0.6) is 0 Å². The van der Waals surface area contributed by atoms with Gasteiger partial charge in [0.2, 0.25) is 0 Å². The van der Waals surface area contributed by atoms with Gasteiger partial charge in [-0.05, 0) is 37.1 Å². The van der Waals surface area contributed by atoms with Crippen LogP contribution in [0.1, 0.15) is 94.3 Å². The Hall–Kier alpha value is -1.55. The first-order chi connectivity index (χ1) is 15.1. The Bertz CT molecular complexity index is 605. The van der Waals surface area contributed by atoms with E-state index in [4.69, 9.17) is 0 Å². The number of unbranched alkanes of at least 4 members (excludes halogenated alkanes) is 9. The van der Waals surface area contributed by atoms with Crippen LogP contribution in [-0.2, 0) is 0 Å². The summed E-state index contributed by atoms with van der Waals surface area (Å²) < 4.78 is 1.22. The lowest BCUT2D eigenvalue weighted by Gasteiger charge is -2.34. The van der Waals surface area contributed by atoms with Crippen LogP contribution in [0, 0.1) is 0 Å². The minimum Gasteiger partial charge on any atom is -0.378 e. The second-order valence-electron chi connectivity index (χ2n) is 9.82. The Morgan fingerprint density at radius 1 is 0.839 bits per heavy atom. The highest BCUT2D eigenvalue weighted by atomic mass is 16.1. The zero-order valence-electron chi connectivity index (χ0n) is 20.6. The zero-order chi connectivity index (χ0) is 22.4. The second kappa shape index (κ2) is 14.5. The van der Waals surface area contributed by atoms with Crippen LogP contribution < -0.4 is 10.2 Å². The van der Waals surface area contributed by atoms with Gasteiger partial charge in [0.1, 0.15) is 0 Å². The van der Waals surface area contributed by atoms with Crippen LogP contribution in [0.15, 0.2) is 24.3 Å². The number of hydrogen-bond acceptors (Lipinski definition) is 2. The fraction of sp³-hybridized carbons (Fsp3) is 0.741. The maximum atomic E-state index is 12.5. The third-order valence-corrected chi connectivity index (χ3v) is 7.02. The van der Waals surface area contributed by atoms with Crippen molar-refractivity contribution in [1.82, 2.24) is 5.32 Å². The Morgan fingerprint density at radius 2 is 1.39 bits per heavy atom. The van der Waals surface area contributed by atoms with E-state index in [0.29, 0.717) is 0 Å². The normalized spacial score (nSPS) is 15.2. The zero-order valence-corrected chi connectivity index (χ0v) is 20.6. The van der Waals surface area contributed by atoms with E-state index >= 15 is 0 Å².